The van der Waals surface area contributed by atoms with Crippen molar-refractivity contribution in [3.63, 3.8) is 0 Å². The van der Waals surface area contributed by atoms with Gasteiger partial charge in [0.05, 0.1) is 19.8 Å². The lowest BCUT2D eigenvalue weighted by atomic mass is 10.1. The van der Waals surface area contributed by atoms with Crippen LogP contribution in [0.2, 0.25) is 0 Å². The smallest absolute Gasteiger partial charge is 0.326 e. The summed E-state index contributed by atoms with van der Waals surface area (Å²) in [6.07, 6.45) is -7.29. The van der Waals surface area contributed by atoms with Crippen molar-refractivity contribution in [2.75, 3.05) is 26.4 Å². The molecule has 6 unspecified atom stereocenters. The number of rotatable bonds is 7. The number of aliphatic hydroxyl groups excluding tert-OH is 3. The average Bonchev–Trinajstić information content (AvgIpc) is 2.85. The lowest BCUT2D eigenvalue weighted by molar-refractivity contribution is -0.255. The van der Waals surface area contributed by atoms with Crippen LogP contribution in [-0.4, -0.2) is 95.0 Å². The van der Waals surface area contributed by atoms with Gasteiger partial charge in [0.25, 0.3) is 5.91 Å². The van der Waals surface area contributed by atoms with Crippen LogP contribution in [0.15, 0.2) is 0 Å². The number of halogens is 1. The number of carbonyl (C=O) groups excluding carboxylic acids is 2. The fourth-order valence-corrected chi connectivity index (χ4v) is 2.63. The van der Waals surface area contributed by atoms with E-state index in [1.165, 1.54) is 6.92 Å². The van der Waals surface area contributed by atoms with E-state index < -0.39 is 61.6 Å². The fraction of sp³-hybridized carbons (Fsp3) is 0.857. The largest absolute Gasteiger partial charge is 0.391 e. The zero-order valence-electron chi connectivity index (χ0n) is 13.9. The lowest BCUT2D eigenvalue weighted by Gasteiger charge is -2.34. The third-order valence-corrected chi connectivity index (χ3v) is 4.07. The highest BCUT2D eigenvalue weighted by Gasteiger charge is 2.49. The summed E-state index contributed by atoms with van der Waals surface area (Å²) in [6.45, 7) is 2.18. The van der Waals surface area contributed by atoms with Crippen LogP contribution in [0.25, 0.3) is 0 Å². The van der Waals surface area contributed by atoms with E-state index in [0.29, 0.717) is 0 Å². The molecule has 2 fully saturated rings. The van der Waals surface area contributed by atoms with Crippen LogP contribution in [0.4, 0.5) is 9.18 Å². The molecule has 0 aromatic heterocycles. The molecule has 144 valence electrons. The van der Waals surface area contributed by atoms with Crippen molar-refractivity contribution < 1.29 is 43.5 Å². The third kappa shape index (κ3) is 4.25. The van der Waals surface area contributed by atoms with Crippen molar-refractivity contribution in [1.82, 2.24) is 10.2 Å². The van der Waals surface area contributed by atoms with Crippen molar-refractivity contribution in [3.05, 3.63) is 0 Å². The number of urea groups is 1. The van der Waals surface area contributed by atoms with E-state index >= 15 is 0 Å². The molecule has 0 aromatic rings. The molecule has 0 bridgehead atoms. The first-order chi connectivity index (χ1) is 11.7. The summed E-state index contributed by atoms with van der Waals surface area (Å²) in [7, 11) is 0. The van der Waals surface area contributed by atoms with Gasteiger partial charge < -0.3 is 29.5 Å². The third-order valence-electron chi connectivity index (χ3n) is 4.07. The Morgan fingerprint density at radius 3 is 2.64 bits per heavy atom. The Morgan fingerprint density at radius 1 is 1.36 bits per heavy atom. The SMILES string of the molecule is CCOC(C)(CO)OCC1OC(N2CC(F)C(=O)NC2=O)C(O)C1O. The van der Waals surface area contributed by atoms with E-state index in [1.54, 1.807) is 12.2 Å². The van der Waals surface area contributed by atoms with Crippen LogP contribution >= 0.6 is 0 Å². The van der Waals surface area contributed by atoms with Gasteiger partial charge in [-0.15, -0.1) is 0 Å². The first-order valence-corrected chi connectivity index (χ1v) is 7.88. The van der Waals surface area contributed by atoms with Gasteiger partial charge in [-0.25, -0.2) is 9.18 Å². The monoisotopic (exact) mass is 366 g/mol. The van der Waals surface area contributed by atoms with Gasteiger partial charge in [-0.1, -0.05) is 0 Å². The van der Waals surface area contributed by atoms with E-state index in [2.05, 4.69) is 0 Å². The number of carbonyl (C=O) groups is 2. The van der Waals surface area contributed by atoms with Gasteiger partial charge in [0.15, 0.2) is 18.2 Å². The number of aliphatic hydroxyl groups is 3. The number of nitrogens with zero attached hydrogens (tertiary/aromatic N) is 1. The Kier molecular flexibility index (Phi) is 6.30. The van der Waals surface area contributed by atoms with Crippen molar-refractivity contribution in [2.45, 2.75) is 50.3 Å². The molecule has 0 saturated carbocycles. The van der Waals surface area contributed by atoms with Crippen molar-refractivity contribution in [3.8, 4) is 0 Å². The number of hydrogen-bond donors (Lipinski definition) is 4. The van der Waals surface area contributed by atoms with Gasteiger partial charge in [0, 0.05) is 6.61 Å². The van der Waals surface area contributed by atoms with Crippen LogP contribution in [-0.2, 0) is 19.0 Å². The Bertz CT molecular complexity index is 509. The highest BCUT2D eigenvalue weighted by Crippen LogP contribution is 2.27. The van der Waals surface area contributed by atoms with Crippen LogP contribution in [0.3, 0.4) is 0 Å². The quantitative estimate of drug-likeness (QED) is 0.383. The molecular weight excluding hydrogens is 343 g/mol. The number of imide groups is 1. The minimum atomic E-state index is -1.96. The average molecular weight is 366 g/mol. The molecule has 0 radical (unpaired) electrons. The second-order valence-electron chi connectivity index (χ2n) is 6.00. The molecule has 0 aromatic carbocycles. The highest BCUT2D eigenvalue weighted by atomic mass is 19.1. The molecule has 2 heterocycles. The molecule has 3 amide bonds. The van der Waals surface area contributed by atoms with Crippen molar-refractivity contribution in [1.29, 1.82) is 0 Å². The maximum absolute atomic E-state index is 13.5. The maximum Gasteiger partial charge on any atom is 0.326 e. The molecule has 11 heteroatoms. The van der Waals surface area contributed by atoms with Crippen LogP contribution in [0.1, 0.15) is 13.8 Å². The van der Waals surface area contributed by atoms with E-state index in [1.807, 2.05) is 0 Å². The molecule has 4 N–H and O–H groups in total. The summed E-state index contributed by atoms with van der Waals surface area (Å²) in [6, 6.07) is -0.925. The summed E-state index contributed by atoms with van der Waals surface area (Å²) < 4.78 is 29.6. The van der Waals surface area contributed by atoms with Gasteiger partial charge in [0.1, 0.15) is 18.3 Å². The summed E-state index contributed by atoms with van der Waals surface area (Å²) in [5.41, 5.74) is 0. The van der Waals surface area contributed by atoms with Gasteiger partial charge in [-0.2, -0.15) is 0 Å². The maximum atomic E-state index is 13.5. The molecule has 0 spiro atoms. The minimum absolute atomic E-state index is 0.251. The second-order valence-corrected chi connectivity index (χ2v) is 6.00. The van der Waals surface area contributed by atoms with Gasteiger partial charge in [-0.3, -0.25) is 15.0 Å². The molecule has 10 nitrogen and oxygen atoms in total. The first kappa shape index (κ1) is 19.9. The highest BCUT2D eigenvalue weighted by molar-refractivity contribution is 5.99. The standard InChI is InChI=1S/C14H23FN2O8/c1-3-23-14(2,6-18)24-5-8-9(19)10(20)12(25-8)17-4-7(15)11(21)16-13(17)22/h7-10,12,18-20H,3-6H2,1-2H3,(H,16,21,22). The van der Waals surface area contributed by atoms with Gasteiger partial charge in [0.2, 0.25) is 0 Å². The predicted octanol–water partition coefficient (Wildman–Crippen LogP) is -1.92. The zero-order valence-corrected chi connectivity index (χ0v) is 13.9. The molecule has 6 atom stereocenters. The van der Waals surface area contributed by atoms with Gasteiger partial charge >= 0.3 is 6.03 Å². The van der Waals surface area contributed by atoms with Crippen LogP contribution < -0.4 is 5.32 Å². The normalized spacial score (nSPS) is 35.6. The van der Waals surface area contributed by atoms with Crippen LogP contribution in [0, 0.1) is 0 Å². The predicted molar refractivity (Wildman–Crippen MR) is 78.9 cm³/mol. The van der Waals surface area contributed by atoms with Gasteiger partial charge in [-0.05, 0) is 13.8 Å². The number of hydrogen-bond acceptors (Lipinski definition) is 8. The molecule has 2 aliphatic rings. The van der Waals surface area contributed by atoms with Crippen molar-refractivity contribution >= 4 is 11.9 Å². The number of nitrogens with one attached hydrogen (secondary N) is 1. The first-order valence-electron chi connectivity index (χ1n) is 7.88. The Labute approximate surface area is 143 Å². The Morgan fingerprint density at radius 2 is 2.04 bits per heavy atom. The van der Waals surface area contributed by atoms with E-state index in [-0.39, 0.29) is 13.2 Å². The molecular formula is C14H23FN2O8. The minimum Gasteiger partial charge on any atom is -0.391 e. The van der Waals surface area contributed by atoms with E-state index in [9.17, 15) is 29.3 Å². The summed E-state index contributed by atoms with van der Waals surface area (Å²) in [5, 5.41) is 31.3. The second kappa shape index (κ2) is 7.89. The molecule has 25 heavy (non-hydrogen) atoms. The van der Waals surface area contributed by atoms with E-state index in [4.69, 9.17) is 14.2 Å². The Balaban J connectivity index is 2.00. The summed E-state index contributed by atoms with van der Waals surface area (Å²) in [4.78, 5) is 23.8. The zero-order chi connectivity index (χ0) is 18.8. The molecule has 2 saturated heterocycles. The number of amides is 3. The number of alkyl halides is 1. The van der Waals surface area contributed by atoms with E-state index in [0.717, 1.165) is 4.90 Å². The molecule has 0 aliphatic carbocycles. The summed E-state index contributed by atoms with van der Waals surface area (Å²) >= 11 is 0. The summed E-state index contributed by atoms with van der Waals surface area (Å²) in [5.74, 6) is -2.38. The van der Waals surface area contributed by atoms with Crippen molar-refractivity contribution in [2.24, 2.45) is 0 Å². The topological polar surface area (TPSA) is 138 Å². The lowest BCUT2D eigenvalue weighted by Crippen LogP contribution is -2.60. The molecule has 2 rings (SSSR count). The fourth-order valence-electron chi connectivity index (χ4n) is 2.63. The molecule has 2 aliphatic heterocycles. The number of ether oxygens (including phenoxy) is 3. The van der Waals surface area contributed by atoms with Crippen LogP contribution in [0.5, 0.6) is 0 Å². The Hall–Kier alpha value is -1.37.